The van der Waals surface area contributed by atoms with Crippen molar-refractivity contribution in [2.45, 2.75) is 19.3 Å². The minimum atomic E-state index is -0.545. The Kier molecular flexibility index (Phi) is 4.34. The van der Waals surface area contributed by atoms with E-state index in [-0.39, 0.29) is 23.8 Å². The molecule has 2 rings (SSSR count). The summed E-state index contributed by atoms with van der Waals surface area (Å²) in [6, 6.07) is 3.91. The number of allylic oxidation sites excluding steroid dienone is 2. The highest BCUT2D eigenvalue weighted by Gasteiger charge is 2.19. The molecule has 0 saturated heterocycles. The number of hydrogen-bond donors (Lipinski definition) is 0. The molecule has 0 aromatic heterocycles. The van der Waals surface area contributed by atoms with Crippen molar-refractivity contribution in [2.75, 3.05) is 7.11 Å². The fraction of sp³-hybridized carbons (Fsp3) is 0.357. The molecule has 0 N–H and O–H groups in total. The molecular formula is C14H15NO5. The zero-order valence-corrected chi connectivity index (χ0v) is 11.1. The van der Waals surface area contributed by atoms with Crippen LogP contribution in [0.5, 0.6) is 11.5 Å². The first-order valence-corrected chi connectivity index (χ1v) is 6.30. The zero-order chi connectivity index (χ0) is 14.5. The molecule has 1 aliphatic rings. The number of hydrogen-bond acceptors (Lipinski definition) is 5. The van der Waals surface area contributed by atoms with Gasteiger partial charge in [-0.05, 0) is 24.8 Å². The highest BCUT2D eigenvalue weighted by Crippen LogP contribution is 2.32. The SMILES string of the molecule is COc1ccc([N+](=O)[O-])cc1OC(=O)CC1C=CCC1. The first kappa shape index (κ1) is 14.0. The molecule has 0 fully saturated rings. The molecule has 1 aliphatic carbocycles. The van der Waals surface area contributed by atoms with Crippen LogP contribution in [0.25, 0.3) is 0 Å². The molecular weight excluding hydrogens is 262 g/mol. The third-order valence-electron chi connectivity index (χ3n) is 3.12. The van der Waals surface area contributed by atoms with E-state index in [1.807, 2.05) is 12.2 Å². The fourth-order valence-corrected chi connectivity index (χ4v) is 2.10. The molecule has 0 bridgehead atoms. The summed E-state index contributed by atoms with van der Waals surface area (Å²) in [5, 5.41) is 10.7. The minimum Gasteiger partial charge on any atom is -0.493 e. The number of carbonyl (C=O) groups is 1. The van der Waals surface area contributed by atoms with Crippen LogP contribution >= 0.6 is 0 Å². The highest BCUT2D eigenvalue weighted by molar-refractivity contribution is 5.74. The van der Waals surface area contributed by atoms with Crippen molar-refractivity contribution in [3.8, 4) is 11.5 Å². The molecule has 1 unspecified atom stereocenters. The van der Waals surface area contributed by atoms with E-state index >= 15 is 0 Å². The van der Waals surface area contributed by atoms with Crippen LogP contribution in [0.3, 0.4) is 0 Å². The fourth-order valence-electron chi connectivity index (χ4n) is 2.10. The van der Waals surface area contributed by atoms with Crippen molar-refractivity contribution < 1.29 is 19.2 Å². The van der Waals surface area contributed by atoms with E-state index in [1.54, 1.807) is 0 Å². The summed E-state index contributed by atoms with van der Waals surface area (Å²) in [4.78, 5) is 22.0. The number of nitro benzene ring substituents is 1. The smallest absolute Gasteiger partial charge is 0.311 e. The van der Waals surface area contributed by atoms with Gasteiger partial charge in [-0.2, -0.15) is 0 Å². The molecule has 0 radical (unpaired) electrons. The van der Waals surface area contributed by atoms with Gasteiger partial charge in [-0.25, -0.2) is 0 Å². The second-order valence-electron chi connectivity index (χ2n) is 4.54. The topological polar surface area (TPSA) is 78.7 Å². The van der Waals surface area contributed by atoms with Crippen LogP contribution in [-0.4, -0.2) is 18.0 Å². The Labute approximate surface area is 116 Å². The van der Waals surface area contributed by atoms with Gasteiger partial charge in [0.25, 0.3) is 5.69 Å². The number of nitro groups is 1. The van der Waals surface area contributed by atoms with Gasteiger partial charge in [-0.15, -0.1) is 0 Å². The Hall–Kier alpha value is -2.37. The average molecular weight is 277 g/mol. The number of esters is 1. The van der Waals surface area contributed by atoms with Gasteiger partial charge >= 0.3 is 5.97 Å². The van der Waals surface area contributed by atoms with Crippen LogP contribution in [0.4, 0.5) is 5.69 Å². The molecule has 20 heavy (non-hydrogen) atoms. The normalized spacial score (nSPS) is 16.9. The first-order chi connectivity index (χ1) is 9.60. The average Bonchev–Trinajstić information content (AvgIpc) is 2.91. The zero-order valence-electron chi connectivity index (χ0n) is 11.1. The summed E-state index contributed by atoms with van der Waals surface area (Å²) in [6.45, 7) is 0. The van der Waals surface area contributed by atoms with Crippen molar-refractivity contribution in [3.05, 3.63) is 40.5 Å². The van der Waals surface area contributed by atoms with E-state index in [9.17, 15) is 14.9 Å². The van der Waals surface area contributed by atoms with Crippen LogP contribution in [0, 0.1) is 16.0 Å². The summed E-state index contributed by atoms with van der Waals surface area (Å²) in [5.74, 6) is 0.145. The van der Waals surface area contributed by atoms with E-state index in [0.29, 0.717) is 5.75 Å². The maximum absolute atomic E-state index is 11.8. The number of carbonyl (C=O) groups excluding carboxylic acids is 1. The molecule has 1 aromatic carbocycles. The monoisotopic (exact) mass is 277 g/mol. The lowest BCUT2D eigenvalue weighted by Gasteiger charge is -2.10. The van der Waals surface area contributed by atoms with E-state index in [2.05, 4.69) is 0 Å². The standard InChI is InChI=1S/C14H15NO5/c1-19-12-7-6-11(15(17)18)9-13(12)20-14(16)8-10-4-2-3-5-10/h2,4,6-7,9-10H,3,5,8H2,1H3. The van der Waals surface area contributed by atoms with E-state index < -0.39 is 10.9 Å². The third kappa shape index (κ3) is 3.34. The van der Waals surface area contributed by atoms with Crippen LogP contribution in [0.15, 0.2) is 30.4 Å². The number of rotatable bonds is 5. The predicted octanol–water partition coefficient (Wildman–Crippen LogP) is 2.87. The summed E-state index contributed by atoms with van der Waals surface area (Å²) < 4.78 is 10.2. The van der Waals surface area contributed by atoms with Gasteiger partial charge in [0.2, 0.25) is 0 Å². The molecule has 106 valence electrons. The Bertz CT molecular complexity index is 552. The first-order valence-electron chi connectivity index (χ1n) is 6.30. The Morgan fingerprint density at radius 1 is 1.45 bits per heavy atom. The maximum Gasteiger partial charge on any atom is 0.311 e. The lowest BCUT2D eigenvalue weighted by atomic mass is 10.1. The summed E-state index contributed by atoms with van der Waals surface area (Å²) in [7, 11) is 1.41. The van der Waals surface area contributed by atoms with Gasteiger partial charge < -0.3 is 9.47 Å². The van der Waals surface area contributed by atoms with Gasteiger partial charge in [-0.3, -0.25) is 14.9 Å². The van der Waals surface area contributed by atoms with Crippen molar-refractivity contribution in [1.29, 1.82) is 0 Å². The largest absolute Gasteiger partial charge is 0.493 e. The van der Waals surface area contributed by atoms with E-state index in [4.69, 9.17) is 9.47 Å². The van der Waals surface area contributed by atoms with Crippen molar-refractivity contribution >= 4 is 11.7 Å². The molecule has 1 atom stereocenters. The van der Waals surface area contributed by atoms with Gasteiger partial charge in [0.1, 0.15) is 0 Å². The van der Waals surface area contributed by atoms with E-state index in [1.165, 1.54) is 25.3 Å². The van der Waals surface area contributed by atoms with Crippen molar-refractivity contribution in [1.82, 2.24) is 0 Å². The number of benzene rings is 1. The highest BCUT2D eigenvalue weighted by atomic mass is 16.6. The lowest BCUT2D eigenvalue weighted by molar-refractivity contribution is -0.384. The van der Waals surface area contributed by atoms with Crippen LogP contribution < -0.4 is 9.47 Å². The molecule has 0 saturated carbocycles. The van der Waals surface area contributed by atoms with Gasteiger partial charge in [0.05, 0.1) is 24.5 Å². The maximum atomic E-state index is 11.8. The van der Waals surface area contributed by atoms with Crippen LogP contribution in [-0.2, 0) is 4.79 Å². The lowest BCUT2D eigenvalue weighted by Crippen LogP contribution is -2.12. The predicted molar refractivity (Wildman–Crippen MR) is 71.8 cm³/mol. The Morgan fingerprint density at radius 3 is 2.85 bits per heavy atom. The van der Waals surface area contributed by atoms with E-state index in [0.717, 1.165) is 12.8 Å². The molecule has 0 heterocycles. The number of ether oxygens (including phenoxy) is 2. The van der Waals surface area contributed by atoms with Crippen molar-refractivity contribution in [3.63, 3.8) is 0 Å². The Morgan fingerprint density at radius 2 is 2.25 bits per heavy atom. The number of methoxy groups -OCH3 is 1. The van der Waals surface area contributed by atoms with Crippen LogP contribution in [0.1, 0.15) is 19.3 Å². The molecule has 0 aliphatic heterocycles. The molecule has 6 heteroatoms. The summed E-state index contributed by atoms with van der Waals surface area (Å²) in [5.41, 5.74) is -0.144. The van der Waals surface area contributed by atoms with Crippen LogP contribution in [0.2, 0.25) is 0 Å². The van der Waals surface area contributed by atoms with Crippen molar-refractivity contribution in [2.24, 2.45) is 5.92 Å². The summed E-state index contributed by atoms with van der Waals surface area (Å²) in [6.07, 6.45) is 6.19. The summed E-state index contributed by atoms with van der Waals surface area (Å²) >= 11 is 0. The van der Waals surface area contributed by atoms with Gasteiger partial charge in [0.15, 0.2) is 11.5 Å². The number of non-ortho nitro benzene ring substituents is 1. The minimum absolute atomic E-state index is 0.0775. The molecule has 1 aromatic rings. The Balaban J connectivity index is 2.09. The second kappa shape index (κ2) is 6.18. The molecule has 0 spiro atoms. The van der Waals surface area contributed by atoms with Gasteiger partial charge in [0, 0.05) is 6.07 Å². The van der Waals surface area contributed by atoms with Gasteiger partial charge in [-0.1, -0.05) is 12.2 Å². The molecule has 6 nitrogen and oxygen atoms in total. The number of nitrogens with zero attached hydrogens (tertiary/aromatic N) is 1. The molecule has 0 amide bonds. The quantitative estimate of drug-likeness (QED) is 0.272. The second-order valence-corrected chi connectivity index (χ2v) is 4.54. The third-order valence-corrected chi connectivity index (χ3v) is 3.12.